The molecule has 0 spiro atoms. The number of carboxylic acid groups (broad SMARTS) is 1. The van der Waals surface area contributed by atoms with Gasteiger partial charge in [0.25, 0.3) is 0 Å². The van der Waals surface area contributed by atoms with Crippen molar-refractivity contribution in [3.63, 3.8) is 0 Å². The van der Waals surface area contributed by atoms with Crippen molar-refractivity contribution in [1.29, 1.82) is 0 Å². The quantitative estimate of drug-likeness (QED) is 0.585. The Balaban J connectivity index is 2.45. The van der Waals surface area contributed by atoms with Gasteiger partial charge in [0.05, 0.1) is 18.6 Å². The van der Waals surface area contributed by atoms with Crippen molar-refractivity contribution in [3.05, 3.63) is 0 Å². The average molecular weight is 231 g/mol. The molecule has 0 radical (unpaired) electrons. The molecule has 16 heavy (non-hydrogen) atoms. The summed E-state index contributed by atoms with van der Waals surface area (Å²) >= 11 is 0. The number of nitrogens with one attached hydrogen (secondary N) is 1. The van der Waals surface area contributed by atoms with Crippen LogP contribution in [0.4, 0.5) is 0 Å². The highest BCUT2D eigenvalue weighted by Crippen LogP contribution is 2.19. The van der Waals surface area contributed by atoms with Crippen molar-refractivity contribution in [2.75, 3.05) is 13.2 Å². The molecular weight excluding hydrogens is 214 g/mol. The van der Waals surface area contributed by atoms with E-state index in [-0.39, 0.29) is 31.0 Å². The summed E-state index contributed by atoms with van der Waals surface area (Å²) in [5.41, 5.74) is 0. The molecule has 6 heteroatoms. The lowest BCUT2D eigenvalue weighted by Gasteiger charge is -2.15. The second-order valence-electron chi connectivity index (χ2n) is 3.99. The highest BCUT2D eigenvalue weighted by Gasteiger charge is 2.30. The third kappa shape index (κ3) is 3.46. The molecule has 1 saturated heterocycles. The topological polar surface area (TPSA) is 95.9 Å². The fourth-order valence-corrected chi connectivity index (χ4v) is 1.68. The molecule has 1 aliphatic heterocycles. The zero-order valence-corrected chi connectivity index (χ0v) is 9.18. The summed E-state index contributed by atoms with van der Waals surface area (Å²) in [7, 11) is 0. The number of amides is 1. The van der Waals surface area contributed by atoms with E-state index in [2.05, 4.69) is 5.32 Å². The molecule has 0 aromatic rings. The first-order chi connectivity index (χ1) is 7.54. The Kier molecular flexibility index (Phi) is 4.70. The van der Waals surface area contributed by atoms with E-state index >= 15 is 0 Å². The molecule has 6 nitrogen and oxygen atoms in total. The third-order valence-electron chi connectivity index (χ3n) is 2.60. The molecule has 1 amide bonds. The highest BCUT2D eigenvalue weighted by atomic mass is 16.5. The van der Waals surface area contributed by atoms with Gasteiger partial charge in [0, 0.05) is 13.0 Å². The van der Waals surface area contributed by atoms with E-state index in [0.29, 0.717) is 13.0 Å². The number of aliphatic hydroxyl groups excluding tert-OH is 1. The van der Waals surface area contributed by atoms with Crippen LogP contribution in [0.2, 0.25) is 0 Å². The van der Waals surface area contributed by atoms with E-state index in [1.54, 1.807) is 0 Å². The lowest BCUT2D eigenvalue weighted by atomic mass is 10.0. The molecule has 3 N–H and O–H groups in total. The fraction of sp³-hybridized carbons (Fsp3) is 0.800. The van der Waals surface area contributed by atoms with E-state index < -0.39 is 12.0 Å². The summed E-state index contributed by atoms with van der Waals surface area (Å²) < 4.78 is 5.23. The van der Waals surface area contributed by atoms with E-state index in [1.165, 1.54) is 0 Å². The Labute approximate surface area is 93.6 Å². The molecule has 1 rings (SSSR count). The number of aliphatic hydroxyl groups is 1. The number of hydrogen-bond donors (Lipinski definition) is 3. The third-order valence-corrected chi connectivity index (χ3v) is 2.60. The second kappa shape index (κ2) is 5.81. The molecule has 0 aromatic heterocycles. The van der Waals surface area contributed by atoms with Crippen LogP contribution in [0.5, 0.6) is 0 Å². The van der Waals surface area contributed by atoms with Crippen molar-refractivity contribution in [2.45, 2.75) is 31.9 Å². The maximum Gasteiger partial charge on any atom is 0.326 e. The highest BCUT2D eigenvalue weighted by molar-refractivity contribution is 5.85. The number of aliphatic carboxylic acids is 1. The second-order valence-corrected chi connectivity index (χ2v) is 3.99. The Hall–Kier alpha value is -1.14. The number of carbonyl (C=O) groups excluding carboxylic acids is 1. The lowest BCUT2D eigenvalue weighted by molar-refractivity contribution is -0.142. The monoisotopic (exact) mass is 231 g/mol. The number of carbonyl (C=O) groups is 2. The van der Waals surface area contributed by atoms with Crippen LogP contribution in [0.15, 0.2) is 0 Å². The van der Waals surface area contributed by atoms with Crippen molar-refractivity contribution in [3.8, 4) is 0 Å². The summed E-state index contributed by atoms with van der Waals surface area (Å²) in [6.07, 6.45) is 0.665. The van der Waals surface area contributed by atoms with E-state index in [9.17, 15) is 9.59 Å². The van der Waals surface area contributed by atoms with Crippen LogP contribution in [0.3, 0.4) is 0 Å². The standard InChI is InChI=1S/C10H17NO5/c1-6-4-7(5-16-6)9(13)11-8(2-3-12)10(14)15/h6-8,12H,2-5H2,1H3,(H,11,13)(H,14,15)/t6?,7?,8-/m0/s1. The maximum atomic E-state index is 11.6. The molecule has 0 aromatic carbocycles. The molecule has 2 unspecified atom stereocenters. The summed E-state index contributed by atoms with van der Waals surface area (Å²) in [4.78, 5) is 22.4. The minimum Gasteiger partial charge on any atom is -0.480 e. The zero-order valence-electron chi connectivity index (χ0n) is 9.18. The molecule has 3 atom stereocenters. The van der Waals surface area contributed by atoms with E-state index in [0.717, 1.165) is 0 Å². The molecular formula is C10H17NO5. The molecule has 0 aliphatic carbocycles. The van der Waals surface area contributed by atoms with Crippen LogP contribution in [0.25, 0.3) is 0 Å². The number of carboxylic acids is 1. The summed E-state index contributed by atoms with van der Waals surface area (Å²) in [5.74, 6) is -1.73. The minimum atomic E-state index is -1.13. The predicted octanol–water partition coefficient (Wildman–Crippen LogP) is -0.637. The SMILES string of the molecule is CC1CC(C(=O)N[C@@H](CCO)C(=O)O)CO1. The van der Waals surface area contributed by atoms with Crippen LogP contribution in [0, 0.1) is 5.92 Å². The van der Waals surface area contributed by atoms with Crippen LogP contribution in [0.1, 0.15) is 19.8 Å². The van der Waals surface area contributed by atoms with Gasteiger partial charge in [-0.15, -0.1) is 0 Å². The van der Waals surface area contributed by atoms with Gasteiger partial charge in [0.15, 0.2) is 0 Å². The van der Waals surface area contributed by atoms with Gasteiger partial charge >= 0.3 is 5.97 Å². The Bertz CT molecular complexity index is 268. The van der Waals surface area contributed by atoms with Gasteiger partial charge < -0.3 is 20.3 Å². The smallest absolute Gasteiger partial charge is 0.326 e. The van der Waals surface area contributed by atoms with Crippen molar-refractivity contribution >= 4 is 11.9 Å². The molecule has 92 valence electrons. The molecule has 1 heterocycles. The van der Waals surface area contributed by atoms with Gasteiger partial charge in [-0.2, -0.15) is 0 Å². The van der Waals surface area contributed by atoms with Gasteiger partial charge in [-0.3, -0.25) is 4.79 Å². The summed E-state index contributed by atoms with van der Waals surface area (Å²) in [5, 5.41) is 19.9. The molecule has 1 aliphatic rings. The van der Waals surface area contributed by atoms with Crippen LogP contribution in [-0.2, 0) is 14.3 Å². The predicted molar refractivity (Wildman–Crippen MR) is 54.8 cm³/mol. The first-order valence-corrected chi connectivity index (χ1v) is 5.30. The van der Waals surface area contributed by atoms with Gasteiger partial charge in [-0.05, 0) is 13.3 Å². The van der Waals surface area contributed by atoms with E-state index in [1.807, 2.05) is 6.92 Å². The zero-order chi connectivity index (χ0) is 12.1. The van der Waals surface area contributed by atoms with Crippen LogP contribution >= 0.6 is 0 Å². The maximum absolute atomic E-state index is 11.6. The van der Waals surface area contributed by atoms with E-state index in [4.69, 9.17) is 14.9 Å². The summed E-state index contributed by atoms with van der Waals surface area (Å²) in [6.45, 7) is 1.93. The van der Waals surface area contributed by atoms with Gasteiger partial charge in [-0.1, -0.05) is 0 Å². The summed E-state index contributed by atoms with van der Waals surface area (Å²) in [6, 6.07) is -1.02. The first kappa shape index (κ1) is 12.9. The van der Waals surface area contributed by atoms with Crippen molar-refractivity contribution in [1.82, 2.24) is 5.32 Å². The molecule has 1 fully saturated rings. The number of ether oxygens (including phenoxy) is 1. The Morgan fingerprint density at radius 3 is 2.69 bits per heavy atom. The lowest BCUT2D eigenvalue weighted by Crippen LogP contribution is -2.44. The number of rotatable bonds is 5. The molecule has 0 bridgehead atoms. The van der Waals surface area contributed by atoms with Crippen molar-refractivity contribution < 1.29 is 24.5 Å². The van der Waals surface area contributed by atoms with Gasteiger partial charge in [0.2, 0.25) is 5.91 Å². The molecule has 0 saturated carbocycles. The fourth-order valence-electron chi connectivity index (χ4n) is 1.68. The Morgan fingerprint density at radius 2 is 2.25 bits per heavy atom. The average Bonchev–Trinajstić information content (AvgIpc) is 2.64. The van der Waals surface area contributed by atoms with Gasteiger partial charge in [-0.25, -0.2) is 4.79 Å². The minimum absolute atomic E-state index is 0.0181. The Morgan fingerprint density at radius 1 is 1.56 bits per heavy atom. The largest absolute Gasteiger partial charge is 0.480 e. The first-order valence-electron chi connectivity index (χ1n) is 5.30. The van der Waals surface area contributed by atoms with Crippen LogP contribution < -0.4 is 5.32 Å². The van der Waals surface area contributed by atoms with Crippen molar-refractivity contribution in [2.24, 2.45) is 5.92 Å². The van der Waals surface area contributed by atoms with Gasteiger partial charge in [0.1, 0.15) is 6.04 Å². The van der Waals surface area contributed by atoms with Crippen LogP contribution in [-0.4, -0.2) is 47.4 Å². The normalized spacial score (nSPS) is 26.4. The number of hydrogen-bond acceptors (Lipinski definition) is 4.